The Labute approximate surface area is 148 Å². The Balaban J connectivity index is 1.87. The molecule has 128 valence electrons. The third-order valence-corrected chi connectivity index (χ3v) is 5.19. The molecule has 2 aromatic rings. The van der Waals surface area contributed by atoms with Gasteiger partial charge in [0.05, 0.1) is 16.3 Å². The molecule has 2 aromatic heterocycles. The van der Waals surface area contributed by atoms with Gasteiger partial charge in [-0.25, -0.2) is 18.4 Å². The summed E-state index contributed by atoms with van der Waals surface area (Å²) < 4.78 is 23.1. The summed E-state index contributed by atoms with van der Waals surface area (Å²) in [7, 11) is -3.55. The lowest BCUT2D eigenvalue weighted by Gasteiger charge is -2.27. The molecule has 3 heterocycles. The highest BCUT2D eigenvalue weighted by Crippen LogP contribution is 2.22. The van der Waals surface area contributed by atoms with E-state index in [4.69, 9.17) is 23.2 Å². The second-order valence-corrected chi connectivity index (χ2v) is 8.36. The van der Waals surface area contributed by atoms with E-state index in [0.29, 0.717) is 47.5 Å². The van der Waals surface area contributed by atoms with Crippen molar-refractivity contribution in [2.75, 3.05) is 12.8 Å². The van der Waals surface area contributed by atoms with Gasteiger partial charge in [0, 0.05) is 44.1 Å². The van der Waals surface area contributed by atoms with Crippen LogP contribution in [0.15, 0.2) is 22.2 Å². The highest BCUT2D eigenvalue weighted by Gasteiger charge is 2.24. The molecule has 0 atom stereocenters. The van der Waals surface area contributed by atoms with Gasteiger partial charge in [-0.15, -0.1) is 0 Å². The Morgan fingerprint density at radius 1 is 1.38 bits per heavy atom. The first-order valence-electron chi connectivity index (χ1n) is 7.08. The average Bonchev–Trinajstić information content (AvgIpc) is 2.50. The van der Waals surface area contributed by atoms with Crippen LogP contribution >= 0.6 is 23.2 Å². The molecule has 0 aromatic carbocycles. The zero-order chi connectivity index (χ0) is 17.5. The largest absolute Gasteiger partial charge is 0.297 e. The molecule has 1 aliphatic heterocycles. The molecule has 0 amide bonds. The van der Waals surface area contributed by atoms with E-state index in [-0.39, 0.29) is 5.16 Å². The first kappa shape index (κ1) is 17.3. The number of fused-ring (bicyclic) bond motifs is 1. The molecule has 0 aliphatic carbocycles. The van der Waals surface area contributed by atoms with Crippen molar-refractivity contribution in [3.8, 4) is 0 Å². The van der Waals surface area contributed by atoms with Gasteiger partial charge in [-0.1, -0.05) is 23.2 Å². The number of sulfone groups is 1. The summed E-state index contributed by atoms with van der Waals surface area (Å²) in [6.45, 7) is 1.46. The second kappa shape index (κ2) is 6.44. The molecule has 3 rings (SSSR count). The monoisotopic (exact) mass is 388 g/mol. The number of hydrogen-bond donors (Lipinski definition) is 1. The average molecular weight is 389 g/mol. The quantitative estimate of drug-likeness (QED) is 0.630. The van der Waals surface area contributed by atoms with Crippen molar-refractivity contribution in [2.24, 2.45) is 0 Å². The van der Waals surface area contributed by atoms with E-state index in [9.17, 15) is 13.2 Å². The molecule has 7 nitrogen and oxygen atoms in total. The fourth-order valence-corrected chi connectivity index (χ4v) is 3.48. The predicted molar refractivity (Wildman–Crippen MR) is 90.0 cm³/mol. The van der Waals surface area contributed by atoms with Gasteiger partial charge < -0.3 is 0 Å². The summed E-state index contributed by atoms with van der Waals surface area (Å²) in [5, 5.41) is 0.565. The van der Waals surface area contributed by atoms with Crippen molar-refractivity contribution in [3.63, 3.8) is 0 Å². The number of hydrogen-bond acceptors (Lipinski definition) is 6. The number of nitrogens with zero attached hydrogens (tertiary/aromatic N) is 3. The first-order valence-corrected chi connectivity index (χ1v) is 9.73. The summed E-state index contributed by atoms with van der Waals surface area (Å²) in [4.78, 5) is 24.6. The van der Waals surface area contributed by atoms with Gasteiger partial charge in [0.1, 0.15) is 5.15 Å². The van der Waals surface area contributed by atoms with Gasteiger partial charge in [0.15, 0.2) is 0 Å². The molecule has 0 spiro atoms. The van der Waals surface area contributed by atoms with Crippen LogP contribution in [0.3, 0.4) is 0 Å². The Hall–Kier alpha value is -1.48. The normalized spacial score (nSPS) is 15.3. The van der Waals surface area contributed by atoms with Crippen LogP contribution in [-0.4, -0.2) is 41.1 Å². The van der Waals surface area contributed by atoms with Crippen LogP contribution in [0, 0.1) is 0 Å². The number of halogens is 2. The van der Waals surface area contributed by atoms with Crippen molar-refractivity contribution >= 4 is 33.0 Å². The maximum Gasteiger partial charge on any atom is 0.256 e. The molecule has 0 saturated carbocycles. The van der Waals surface area contributed by atoms with Crippen molar-refractivity contribution in [3.05, 3.63) is 49.6 Å². The van der Waals surface area contributed by atoms with Gasteiger partial charge in [0.25, 0.3) is 5.56 Å². The smallest absolute Gasteiger partial charge is 0.256 e. The summed E-state index contributed by atoms with van der Waals surface area (Å²) in [6, 6.07) is 1.74. The lowest BCUT2D eigenvalue weighted by molar-refractivity contribution is 0.240. The van der Waals surface area contributed by atoms with Crippen LogP contribution in [0.2, 0.25) is 10.2 Å². The van der Waals surface area contributed by atoms with E-state index < -0.39 is 15.4 Å². The molecule has 0 fully saturated rings. The van der Waals surface area contributed by atoms with Gasteiger partial charge >= 0.3 is 0 Å². The zero-order valence-corrected chi connectivity index (χ0v) is 15.0. The van der Waals surface area contributed by atoms with E-state index in [1.807, 2.05) is 4.90 Å². The minimum Gasteiger partial charge on any atom is -0.297 e. The first-order chi connectivity index (χ1) is 11.2. The molecule has 24 heavy (non-hydrogen) atoms. The lowest BCUT2D eigenvalue weighted by Crippen LogP contribution is -2.36. The number of pyridine rings is 1. The van der Waals surface area contributed by atoms with Gasteiger partial charge in [-0.05, 0) is 6.07 Å². The molecular formula is C14H14Cl2N4O3S. The Morgan fingerprint density at radius 3 is 2.83 bits per heavy atom. The Morgan fingerprint density at radius 2 is 2.12 bits per heavy atom. The number of rotatable bonds is 3. The summed E-state index contributed by atoms with van der Waals surface area (Å²) in [5.74, 6) is 0. The molecule has 0 radical (unpaired) electrons. The van der Waals surface area contributed by atoms with Gasteiger partial charge in [0.2, 0.25) is 15.0 Å². The van der Waals surface area contributed by atoms with E-state index in [2.05, 4.69) is 15.0 Å². The highest BCUT2D eigenvalue weighted by molar-refractivity contribution is 7.90. The molecule has 10 heteroatoms. The van der Waals surface area contributed by atoms with Crippen LogP contribution in [0.4, 0.5) is 0 Å². The van der Waals surface area contributed by atoms with Crippen LogP contribution in [-0.2, 0) is 29.3 Å². The van der Waals surface area contributed by atoms with Crippen molar-refractivity contribution < 1.29 is 8.42 Å². The van der Waals surface area contributed by atoms with Crippen molar-refractivity contribution in [2.45, 2.75) is 24.7 Å². The van der Waals surface area contributed by atoms with E-state index in [1.165, 1.54) is 6.20 Å². The van der Waals surface area contributed by atoms with Gasteiger partial charge in [-0.2, -0.15) is 0 Å². The van der Waals surface area contributed by atoms with Crippen LogP contribution in [0.25, 0.3) is 0 Å². The topological polar surface area (TPSA) is 96.0 Å². The number of aromatic amines is 1. The third kappa shape index (κ3) is 3.61. The van der Waals surface area contributed by atoms with Crippen molar-refractivity contribution in [1.29, 1.82) is 0 Å². The molecule has 1 aliphatic rings. The fourth-order valence-electron chi connectivity index (χ4n) is 2.59. The lowest BCUT2D eigenvalue weighted by atomic mass is 10.1. The van der Waals surface area contributed by atoms with E-state index in [0.717, 1.165) is 11.8 Å². The number of H-pyrrole nitrogens is 1. The molecule has 0 bridgehead atoms. The zero-order valence-electron chi connectivity index (χ0n) is 12.7. The molecular weight excluding hydrogens is 375 g/mol. The minimum absolute atomic E-state index is 0.290. The predicted octanol–water partition coefficient (Wildman–Crippen LogP) is 1.43. The molecule has 0 saturated heterocycles. The summed E-state index contributed by atoms with van der Waals surface area (Å²) in [5.41, 5.74) is 1.33. The minimum atomic E-state index is -3.55. The Kier molecular flexibility index (Phi) is 4.65. The van der Waals surface area contributed by atoms with Gasteiger partial charge in [-0.3, -0.25) is 14.7 Å². The van der Waals surface area contributed by atoms with E-state index >= 15 is 0 Å². The highest BCUT2D eigenvalue weighted by atomic mass is 35.5. The third-order valence-electron chi connectivity index (χ3n) is 3.75. The molecule has 1 N–H and O–H groups in total. The van der Waals surface area contributed by atoms with Crippen LogP contribution in [0.5, 0.6) is 0 Å². The maximum atomic E-state index is 12.2. The standard InChI is InChI=1S/C14H14Cl2N4O3S/c1-24(22,23)14-18-11-2-3-20(7-10(11)13(21)19-14)6-8-4-9(15)5-17-12(8)16/h4-5H,2-3,6-7H2,1H3,(H,18,19,21). The van der Waals surface area contributed by atoms with Crippen LogP contribution < -0.4 is 5.56 Å². The SMILES string of the molecule is CS(=O)(=O)c1nc2c(c(=O)[nH]1)CN(Cc1cc(Cl)cnc1Cl)CC2. The van der Waals surface area contributed by atoms with E-state index in [1.54, 1.807) is 6.07 Å². The Bertz CT molecular complexity index is 959. The summed E-state index contributed by atoms with van der Waals surface area (Å²) in [6.07, 6.45) is 2.97. The van der Waals surface area contributed by atoms with Crippen molar-refractivity contribution in [1.82, 2.24) is 19.9 Å². The molecule has 0 unspecified atom stereocenters. The second-order valence-electron chi connectivity index (χ2n) is 5.63. The maximum absolute atomic E-state index is 12.2. The summed E-state index contributed by atoms with van der Waals surface area (Å²) >= 11 is 12.0. The fraction of sp³-hybridized carbons (Fsp3) is 0.357. The number of nitrogens with one attached hydrogen (secondary N) is 1. The number of aromatic nitrogens is 3. The van der Waals surface area contributed by atoms with Crippen LogP contribution in [0.1, 0.15) is 16.8 Å².